The zero-order valence-electron chi connectivity index (χ0n) is 12.6. The Labute approximate surface area is 143 Å². The Morgan fingerprint density at radius 1 is 1.26 bits per heavy atom. The van der Waals surface area contributed by atoms with Gasteiger partial charge in [0.2, 0.25) is 0 Å². The van der Waals surface area contributed by atoms with E-state index < -0.39 is 18.0 Å². The fourth-order valence-corrected chi connectivity index (χ4v) is 2.43. The molecule has 2 aromatic rings. The van der Waals surface area contributed by atoms with Crippen molar-refractivity contribution in [1.82, 2.24) is 4.98 Å². The van der Waals surface area contributed by atoms with Crippen LogP contribution in [0.3, 0.4) is 0 Å². The molecule has 0 radical (unpaired) electrons. The number of hydrogen-bond donors (Lipinski definition) is 1. The molecule has 1 atom stereocenters. The van der Waals surface area contributed by atoms with Crippen molar-refractivity contribution < 1.29 is 14.3 Å². The zero-order chi connectivity index (χ0) is 16.8. The molecule has 0 bridgehead atoms. The summed E-state index contributed by atoms with van der Waals surface area (Å²) in [6.07, 6.45) is 2.47. The molecule has 1 N–H and O–H groups in total. The molecule has 23 heavy (non-hydrogen) atoms. The maximum absolute atomic E-state index is 12.2. The molecule has 5 nitrogen and oxygen atoms in total. The highest BCUT2D eigenvalue weighted by Gasteiger charge is 2.21. The highest BCUT2D eigenvalue weighted by atomic mass is 35.5. The molecule has 2 rings (SSSR count). The lowest BCUT2D eigenvalue weighted by Gasteiger charge is -2.14. The van der Waals surface area contributed by atoms with Crippen molar-refractivity contribution in [2.24, 2.45) is 0 Å². The predicted octanol–water partition coefficient (Wildman–Crippen LogP) is 3.64. The molecule has 0 unspecified atom stereocenters. The third-order valence-electron chi connectivity index (χ3n) is 2.95. The first-order valence-electron chi connectivity index (χ1n) is 6.77. The van der Waals surface area contributed by atoms with Gasteiger partial charge in [-0.15, -0.1) is 11.8 Å². The zero-order valence-corrected chi connectivity index (χ0v) is 14.1. The van der Waals surface area contributed by atoms with E-state index in [0.29, 0.717) is 21.3 Å². The second-order valence-corrected chi connectivity index (χ2v) is 5.84. The monoisotopic (exact) mass is 350 g/mol. The number of benzene rings is 1. The first kappa shape index (κ1) is 17.3. The van der Waals surface area contributed by atoms with Gasteiger partial charge in [-0.3, -0.25) is 4.79 Å². The smallest absolute Gasteiger partial charge is 0.341 e. The van der Waals surface area contributed by atoms with Gasteiger partial charge in [-0.05, 0) is 49.6 Å². The van der Waals surface area contributed by atoms with E-state index in [9.17, 15) is 9.59 Å². The van der Waals surface area contributed by atoms with Crippen molar-refractivity contribution in [3.63, 3.8) is 0 Å². The number of carbonyl (C=O) groups excluding carboxylic acids is 2. The molecule has 0 aliphatic carbocycles. The summed E-state index contributed by atoms with van der Waals surface area (Å²) in [5, 5.41) is 3.79. The number of anilines is 1. The number of nitrogens with zero attached hydrogens (tertiary/aromatic N) is 1. The van der Waals surface area contributed by atoms with Crippen LogP contribution in [0.1, 0.15) is 17.3 Å². The Morgan fingerprint density at radius 2 is 1.96 bits per heavy atom. The molecular formula is C16H15ClN2O3S. The van der Waals surface area contributed by atoms with E-state index in [-0.39, 0.29) is 0 Å². The van der Waals surface area contributed by atoms with Crippen LogP contribution >= 0.6 is 23.4 Å². The summed E-state index contributed by atoms with van der Waals surface area (Å²) in [7, 11) is 0. The molecular weight excluding hydrogens is 336 g/mol. The van der Waals surface area contributed by atoms with Crippen LogP contribution in [0, 0.1) is 0 Å². The Balaban J connectivity index is 2.00. The van der Waals surface area contributed by atoms with E-state index in [4.69, 9.17) is 16.3 Å². The van der Waals surface area contributed by atoms with Gasteiger partial charge in [0, 0.05) is 16.9 Å². The number of pyridine rings is 1. The van der Waals surface area contributed by atoms with Crippen LogP contribution in [-0.4, -0.2) is 29.2 Å². The van der Waals surface area contributed by atoms with E-state index in [0.717, 1.165) is 0 Å². The maximum atomic E-state index is 12.2. The molecule has 0 fully saturated rings. The van der Waals surface area contributed by atoms with Gasteiger partial charge in [-0.25, -0.2) is 9.78 Å². The lowest BCUT2D eigenvalue weighted by molar-refractivity contribution is -0.123. The topological polar surface area (TPSA) is 68.3 Å². The Kier molecular flexibility index (Phi) is 6.01. The summed E-state index contributed by atoms with van der Waals surface area (Å²) < 4.78 is 5.21. The first-order chi connectivity index (χ1) is 11.0. The van der Waals surface area contributed by atoms with Crippen LogP contribution in [0.5, 0.6) is 0 Å². The molecule has 1 heterocycles. The number of thioether (sulfide) groups is 1. The van der Waals surface area contributed by atoms with Gasteiger partial charge in [-0.1, -0.05) is 11.6 Å². The number of esters is 1. The van der Waals surface area contributed by atoms with Crippen LogP contribution in [0.15, 0.2) is 47.6 Å². The number of amides is 1. The number of ether oxygens (including phenoxy) is 1. The average Bonchev–Trinajstić information content (AvgIpc) is 2.56. The van der Waals surface area contributed by atoms with Gasteiger partial charge in [0.05, 0.1) is 5.56 Å². The average molecular weight is 351 g/mol. The summed E-state index contributed by atoms with van der Waals surface area (Å²) in [6, 6.07) is 9.92. The summed E-state index contributed by atoms with van der Waals surface area (Å²) in [5.74, 6) is -1.00. The second-order valence-electron chi connectivity index (χ2n) is 4.60. The number of carbonyl (C=O) groups is 2. The van der Waals surface area contributed by atoms with E-state index in [1.165, 1.54) is 18.7 Å². The van der Waals surface area contributed by atoms with Gasteiger partial charge < -0.3 is 10.1 Å². The van der Waals surface area contributed by atoms with Gasteiger partial charge in [0.25, 0.3) is 5.91 Å². The predicted molar refractivity (Wildman–Crippen MR) is 91.0 cm³/mol. The van der Waals surface area contributed by atoms with Crippen LogP contribution in [0.4, 0.5) is 5.69 Å². The van der Waals surface area contributed by atoms with Crippen LogP contribution < -0.4 is 5.32 Å². The highest BCUT2D eigenvalue weighted by molar-refractivity contribution is 7.98. The largest absolute Gasteiger partial charge is 0.449 e. The molecule has 0 spiro atoms. The van der Waals surface area contributed by atoms with E-state index >= 15 is 0 Å². The summed E-state index contributed by atoms with van der Waals surface area (Å²) in [6.45, 7) is 1.51. The van der Waals surface area contributed by atoms with Crippen LogP contribution in [-0.2, 0) is 9.53 Å². The Hall–Kier alpha value is -2.05. The maximum Gasteiger partial charge on any atom is 0.341 e. The fraction of sp³-hybridized carbons (Fsp3) is 0.188. The van der Waals surface area contributed by atoms with E-state index in [1.54, 1.807) is 42.6 Å². The third kappa shape index (κ3) is 4.71. The molecule has 1 amide bonds. The van der Waals surface area contributed by atoms with Crippen molar-refractivity contribution in [3.05, 3.63) is 53.2 Å². The first-order valence-corrected chi connectivity index (χ1v) is 8.38. The third-order valence-corrected chi connectivity index (χ3v) is 3.91. The molecule has 1 aromatic carbocycles. The summed E-state index contributed by atoms with van der Waals surface area (Å²) in [4.78, 5) is 28.3. The van der Waals surface area contributed by atoms with E-state index in [2.05, 4.69) is 10.3 Å². The number of rotatable bonds is 5. The molecule has 0 aliphatic heterocycles. The summed E-state index contributed by atoms with van der Waals surface area (Å²) in [5.41, 5.74) is 0.916. The number of hydrogen-bond acceptors (Lipinski definition) is 5. The molecule has 7 heteroatoms. The number of nitrogens with one attached hydrogen (secondary N) is 1. The molecule has 0 aliphatic rings. The second kappa shape index (κ2) is 7.99. The van der Waals surface area contributed by atoms with Crippen molar-refractivity contribution in [2.75, 3.05) is 11.6 Å². The minimum Gasteiger partial charge on any atom is -0.449 e. The lowest BCUT2D eigenvalue weighted by atomic mass is 10.2. The van der Waals surface area contributed by atoms with Crippen molar-refractivity contribution in [1.29, 1.82) is 0 Å². The SMILES string of the molecule is CSc1ncccc1C(=O)O[C@H](C)C(=O)Nc1ccc(Cl)cc1. The highest BCUT2D eigenvalue weighted by Crippen LogP contribution is 2.19. The quantitative estimate of drug-likeness (QED) is 0.658. The van der Waals surface area contributed by atoms with Crippen molar-refractivity contribution >= 4 is 40.9 Å². The normalized spacial score (nSPS) is 11.6. The molecule has 0 saturated carbocycles. The number of aromatic nitrogens is 1. The lowest BCUT2D eigenvalue weighted by Crippen LogP contribution is -2.30. The van der Waals surface area contributed by atoms with Gasteiger partial charge in [0.15, 0.2) is 6.10 Å². The van der Waals surface area contributed by atoms with Gasteiger partial charge in [0.1, 0.15) is 5.03 Å². The van der Waals surface area contributed by atoms with Gasteiger partial charge in [-0.2, -0.15) is 0 Å². The van der Waals surface area contributed by atoms with Crippen LogP contribution in [0.25, 0.3) is 0 Å². The van der Waals surface area contributed by atoms with Crippen molar-refractivity contribution in [2.45, 2.75) is 18.1 Å². The van der Waals surface area contributed by atoms with Crippen LogP contribution in [0.2, 0.25) is 5.02 Å². The number of halogens is 1. The van der Waals surface area contributed by atoms with Gasteiger partial charge >= 0.3 is 5.97 Å². The fourth-order valence-electron chi connectivity index (χ4n) is 1.76. The Bertz CT molecular complexity index is 707. The molecule has 120 valence electrons. The molecule has 1 aromatic heterocycles. The standard InChI is InChI=1S/C16H15ClN2O3S/c1-10(14(20)19-12-7-5-11(17)6-8-12)22-16(21)13-4-3-9-18-15(13)23-2/h3-10H,1-2H3,(H,19,20)/t10-/m1/s1. The Morgan fingerprint density at radius 3 is 2.61 bits per heavy atom. The minimum atomic E-state index is -0.937. The molecule has 0 saturated heterocycles. The van der Waals surface area contributed by atoms with Crippen molar-refractivity contribution in [3.8, 4) is 0 Å². The summed E-state index contributed by atoms with van der Waals surface area (Å²) >= 11 is 7.12. The minimum absolute atomic E-state index is 0.339. The van der Waals surface area contributed by atoms with E-state index in [1.807, 2.05) is 6.26 Å².